The molecule has 11 heavy (non-hydrogen) atoms. The van der Waals surface area contributed by atoms with Crippen LogP contribution in [-0.4, -0.2) is 0 Å². The van der Waals surface area contributed by atoms with E-state index < -0.39 is 0 Å². The lowest BCUT2D eigenvalue weighted by Gasteiger charge is -1.89. The fourth-order valence-electron chi connectivity index (χ4n) is 1.06. The highest BCUT2D eigenvalue weighted by Gasteiger charge is 1.97. The molecule has 0 spiro atoms. The van der Waals surface area contributed by atoms with E-state index in [0.717, 1.165) is 4.21 Å². The molecule has 0 bridgehead atoms. The van der Waals surface area contributed by atoms with Gasteiger partial charge in [0.15, 0.2) is 0 Å². The van der Waals surface area contributed by atoms with E-state index in [2.05, 4.69) is 43.8 Å². The summed E-state index contributed by atoms with van der Waals surface area (Å²) in [4.78, 5) is 0. The van der Waals surface area contributed by atoms with Gasteiger partial charge in [0.25, 0.3) is 0 Å². The highest BCUT2D eigenvalue weighted by Crippen LogP contribution is 2.27. The summed E-state index contributed by atoms with van der Waals surface area (Å²) in [6, 6.07) is 9.51. The number of hydrogen-bond acceptors (Lipinski definition) is 2. The summed E-state index contributed by atoms with van der Waals surface area (Å²) < 4.78 is 2.24. The molecule has 0 aliphatic carbocycles. The van der Waals surface area contributed by atoms with E-state index in [1.54, 1.807) is 11.3 Å². The lowest BCUT2D eigenvalue weighted by molar-refractivity contribution is 1.52. The summed E-state index contributed by atoms with van der Waals surface area (Å²) in [7, 11) is 0. The number of thiophene rings is 1. The van der Waals surface area contributed by atoms with Crippen molar-refractivity contribution < 1.29 is 0 Å². The largest absolute Gasteiger partial charge is 0.132 e. The maximum atomic E-state index is 4.24. The molecule has 55 valence electrons. The second kappa shape index (κ2) is 2.54. The topological polar surface area (TPSA) is 0 Å². The lowest BCUT2D eigenvalue weighted by Crippen LogP contribution is -1.67. The standard InChI is InChI=1S/C9H7S2/c1-6-2-3-7-5-9(10)11-8(7)4-6/h2-4,10H,1H3. The molecule has 0 N–H and O–H groups in total. The molecule has 0 saturated carbocycles. The van der Waals surface area contributed by atoms with Crippen LogP contribution in [-0.2, 0) is 0 Å². The first kappa shape index (κ1) is 7.19. The minimum Gasteiger partial charge on any atom is -0.132 e. The fourth-order valence-corrected chi connectivity index (χ4v) is 2.32. The number of rotatable bonds is 0. The van der Waals surface area contributed by atoms with Crippen LogP contribution in [0.5, 0.6) is 0 Å². The minimum atomic E-state index is 0.964. The molecule has 0 atom stereocenters. The maximum Gasteiger partial charge on any atom is 0.0660 e. The maximum absolute atomic E-state index is 4.24. The van der Waals surface area contributed by atoms with Crippen molar-refractivity contribution >= 4 is 34.1 Å². The highest BCUT2D eigenvalue weighted by atomic mass is 32.2. The number of hydrogen-bond donors (Lipinski definition) is 1. The summed E-state index contributed by atoms with van der Waals surface area (Å²) in [6.07, 6.45) is 0. The minimum absolute atomic E-state index is 0.964. The quantitative estimate of drug-likeness (QED) is 0.589. The third-order valence-corrected chi connectivity index (χ3v) is 2.82. The van der Waals surface area contributed by atoms with E-state index >= 15 is 0 Å². The number of fused-ring (bicyclic) bond motifs is 1. The van der Waals surface area contributed by atoms with E-state index in [1.807, 2.05) is 0 Å². The van der Waals surface area contributed by atoms with Crippen molar-refractivity contribution in [3.63, 3.8) is 0 Å². The van der Waals surface area contributed by atoms with Crippen molar-refractivity contribution in [2.75, 3.05) is 0 Å². The van der Waals surface area contributed by atoms with Gasteiger partial charge in [-0.25, -0.2) is 0 Å². The second-order valence-electron chi connectivity index (χ2n) is 2.53. The summed E-state index contributed by atoms with van der Waals surface area (Å²) in [6.45, 7) is 2.09. The molecule has 0 aliphatic rings. The molecule has 1 aromatic heterocycles. The van der Waals surface area contributed by atoms with Crippen molar-refractivity contribution in [3.8, 4) is 0 Å². The Morgan fingerprint density at radius 3 is 3.09 bits per heavy atom. The smallest absolute Gasteiger partial charge is 0.0660 e. The van der Waals surface area contributed by atoms with Gasteiger partial charge in [-0.15, -0.1) is 24.0 Å². The Hall–Kier alpha value is -0.470. The summed E-state index contributed by atoms with van der Waals surface area (Å²) >= 11 is 5.91. The van der Waals surface area contributed by atoms with Gasteiger partial charge in [0, 0.05) is 16.2 Å². The number of benzene rings is 1. The first-order valence-electron chi connectivity index (χ1n) is 3.37. The Morgan fingerprint density at radius 2 is 2.27 bits per heavy atom. The Labute approximate surface area is 75.3 Å². The molecule has 0 unspecified atom stereocenters. The van der Waals surface area contributed by atoms with Crippen LogP contribution >= 0.6 is 24.0 Å². The summed E-state index contributed by atoms with van der Waals surface area (Å²) in [5, 5.41) is 1.17. The average molecular weight is 179 g/mol. The molecule has 0 fully saturated rings. The van der Waals surface area contributed by atoms with E-state index in [-0.39, 0.29) is 0 Å². The molecule has 1 heterocycles. The molecular formula is C9H7S2. The van der Waals surface area contributed by atoms with Crippen LogP contribution in [0.15, 0.2) is 22.4 Å². The number of aryl methyl sites for hydroxylation is 1. The zero-order chi connectivity index (χ0) is 7.84. The molecule has 1 aromatic carbocycles. The van der Waals surface area contributed by atoms with Crippen molar-refractivity contribution in [2.45, 2.75) is 11.1 Å². The second-order valence-corrected chi connectivity index (χ2v) is 4.33. The van der Waals surface area contributed by atoms with Gasteiger partial charge in [-0.05, 0) is 18.6 Å². The van der Waals surface area contributed by atoms with Crippen molar-refractivity contribution in [3.05, 3.63) is 29.8 Å². The molecule has 0 nitrogen and oxygen atoms in total. The van der Waals surface area contributed by atoms with Gasteiger partial charge in [0.05, 0.1) is 4.21 Å². The van der Waals surface area contributed by atoms with Crippen LogP contribution < -0.4 is 0 Å². The van der Waals surface area contributed by atoms with Crippen molar-refractivity contribution in [2.24, 2.45) is 0 Å². The van der Waals surface area contributed by atoms with Gasteiger partial charge < -0.3 is 0 Å². The average Bonchev–Trinajstić information content (AvgIpc) is 2.27. The normalized spacial score (nSPS) is 10.7. The van der Waals surface area contributed by atoms with E-state index in [1.165, 1.54) is 15.6 Å². The SMILES string of the molecule is Cc1ccc2[c]c(S)sc2c1. The van der Waals surface area contributed by atoms with Gasteiger partial charge in [-0.1, -0.05) is 12.1 Å². The van der Waals surface area contributed by atoms with Gasteiger partial charge in [0.2, 0.25) is 0 Å². The lowest BCUT2D eigenvalue weighted by atomic mass is 10.2. The molecule has 0 saturated heterocycles. The van der Waals surface area contributed by atoms with Gasteiger partial charge in [-0.3, -0.25) is 0 Å². The number of thiol groups is 1. The monoisotopic (exact) mass is 179 g/mol. The summed E-state index contributed by atoms with van der Waals surface area (Å²) in [5.74, 6) is 0. The first-order valence-corrected chi connectivity index (χ1v) is 4.63. The zero-order valence-electron chi connectivity index (χ0n) is 6.09. The molecule has 0 aliphatic heterocycles. The van der Waals surface area contributed by atoms with Crippen LogP contribution in [0.25, 0.3) is 10.1 Å². The third kappa shape index (κ3) is 1.28. The molecule has 2 rings (SSSR count). The van der Waals surface area contributed by atoms with E-state index in [4.69, 9.17) is 0 Å². The Bertz CT molecular complexity index is 387. The van der Waals surface area contributed by atoms with Crippen molar-refractivity contribution in [1.29, 1.82) is 0 Å². The van der Waals surface area contributed by atoms with Gasteiger partial charge in [-0.2, -0.15) is 0 Å². The summed E-state index contributed by atoms with van der Waals surface area (Å²) in [5.41, 5.74) is 1.29. The van der Waals surface area contributed by atoms with Crippen LogP contribution in [0.2, 0.25) is 0 Å². The van der Waals surface area contributed by atoms with Crippen molar-refractivity contribution in [1.82, 2.24) is 0 Å². The van der Waals surface area contributed by atoms with Crippen LogP contribution in [0.4, 0.5) is 0 Å². The predicted molar refractivity (Wildman–Crippen MR) is 52.7 cm³/mol. The van der Waals surface area contributed by atoms with E-state index in [9.17, 15) is 0 Å². The Balaban J connectivity index is 2.82. The van der Waals surface area contributed by atoms with Gasteiger partial charge >= 0.3 is 0 Å². The van der Waals surface area contributed by atoms with Crippen LogP contribution in [0.3, 0.4) is 0 Å². The predicted octanol–water partition coefficient (Wildman–Crippen LogP) is 3.30. The van der Waals surface area contributed by atoms with Gasteiger partial charge in [0.1, 0.15) is 0 Å². The molecule has 2 aromatic rings. The molecule has 0 amide bonds. The molecular weight excluding hydrogens is 172 g/mol. The Morgan fingerprint density at radius 1 is 1.45 bits per heavy atom. The van der Waals surface area contributed by atoms with Crippen LogP contribution in [0.1, 0.15) is 5.56 Å². The molecule has 2 heteroatoms. The third-order valence-electron chi connectivity index (χ3n) is 1.59. The van der Waals surface area contributed by atoms with E-state index in [0.29, 0.717) is 0 Å². The molecule has 1 radical (unpaired) electrons. The fraction of sp³-hybridized carbons (Fsp3) is 0.111. The Kier molecular flexibility index (Phi) is 1.66. The van der Waals surface area contributed by atoms with Crippen LogP contribution in [0, 0.1) is 13.0 Å². The highest BCUT2D eigenvalue weighted by molar-refractivity contribution is 7.83. The first-order chi connectivity index (χ1) is 5.25. The zero-order valence-corrected chi connectivity index (χ0v) is 7.80.